The summed E-state index contributed by atoms with van der Waals surface area (Å²) >= 11 is 3.12. The Morgan fingerprint density at radius 1 is 1.30 bits per heavy atom. The Morgan fingerprint density at radius 3 is 2.65 bits per heavy atom. The third kappa shape index (κ3) is 4.92. The van der Waals surface area contributed by atoms with Crippen molar-refractivity contribution in [3.05, 3.63) is 38.3 Å². The topological polar surface area (TPSA) is 72.2 Å². The average Bonchev–Trinajstić information content (AvgIpc) is 2.42. The van der Waals surface area contributed by atoms with Crippen LogP contribution >= 0.6 is 15.9 Å². The number of amides is 1. The summed E-state index contributed by atoms with van der Waals surface area (Å²) in [5.74, 6) is -0.281. The number of halogens is 1. The molecule has 0 bridgehead atoms. The zero-order valence-corrected chi connectivity index (χ0v) is 13.1. The summed E-state index contributed by atoms with van der Waals surface area (Å²) < 4.78 is 0.230. The third-order valence-electron chi connectivity index (χ3n) is 2.99. The number of nitrogens with zero attached hydrogens (tertiary/aromatic N) is 1. The summed E-state index contributed by atoms with van der Waals surface area (Å²) in [4.78, 5) is 22.3. The van der Waals surface area contributed by atoms with Gasteiger partial charge in [-0.25, -0.2) is 0 Å². The van der Waals surface area contributed by atoms with E-state index in [2.05, 4.69) is 28.2 Å². The minimum atomic E-state index is -0.508. The van der Waals surface area contributed by atoms with Crippen LogP contribution in [-0.2, 0) is 0 Å². The Labute approximate surface area is 127 Å². The second-order valence-corrected chi connectivity index (χ2v) is 5.36. The van der Waals surface area contributed by atoms with Gasteiger partial charge in [0.25, 0.3) is 11.6 Å². The van der Waals surface area contributed by atoms with E-state index < -0.39 is 4.92 Å². The first kappa shape index (κ1) is 16.6. The van der Waals surface area contributed by atoms with Gasteiger partial charge in [0.2, 0.25) is 0 Å². The molecule has 0 aromatic heterocycles. The molecule has 0 saturated heterocycles. The maximum Gasteiger partial charge on any atom is 0.284 e. The molecular formula is C14H19BrN2O3. The molecule has 1 aromatic carbocycles. The Kier molecular flexibility index (Phi) is 7.22. The van der Waals surface area contributed by atoms with E-state index in [0.29, 0.717) is 12.1 Å². The van der Waals surface area contributed by atoms with Crippen molar-refractivity contribution in [1.82, 2.24) is 5.32 Å². The summed E-state index contributed by atoms with van der Waals surface area (Å²) in [6, 6.07) is 4.45. The first-order valence-corrected chi connectivity index (χ1v) is 7.58. The summed E-state index contributed by atoms with van der Waals surface area (Å²) in [6.45, 7) is 2.75. The predicted molar refractivity (Wildman–Crippen MR) is 81.9 cm³/mol. The molecule has 20 heavy (non-hydrogen) atoms. The van der Waals surface area contributed by atoms with Gasteiger partial charge in [0.05, 0.1) is 10.5 Å². The molecule has 0 spiro atoms. The van der Waals surface area contributed by atoms with Gasteiger partial charge in [0.15, 0.2) is 0 Å². The van der Waals surface area contributed by atoms with Crippen LogP contribution < -0.4 is 5.32 Å². The molecule has 0 heterocycles. The van der Waals surface area contributed by atoms with Crippen molar-refractivity contribution in [2.24, 2.45) is 0 Å². The van der Waals surface area contributed by atoms with Crippen molar-refractivity contribution in [3.63, 3.8) is 0 Å². The van der Waals surface area contributed by atoms with Crippen molar-refractivity contribution in [3.8, 4) is 0 Å². The molecule has 0 aliphatic heterocycles. The zero-order chi connectivity index (χ0) is 15.0. The van der Waals surface area contributed by atoms with Crippen molar-refractivity contribution >= 4 is 27.5 Å². The molecule has 1 amide bonds. The third-order valence-corrected chi connectivity index (χ3v) is 3.82. The highest BCUT2D eigenvalue weighted by atomic mass is 79.9. The van der Waals surface area contributed by atoms with E-state index in [1.165, 1.54) is 31.4 Å². The number of nitro benzene ring substituents is 1. The van der Waals surface area contributed by atoms with Crippen molar-refractivity contribution in [1.29, 1.82) is 0 Å². The van der Waals surface area contributed by atoms with Crippen LogP contribution in [0, 0.1) is 10.1 Å². The lowest BCUT2D eigenvalue weighted by Gasteiger charge is -2.07. The van der Waals surface area contributed by atoms with Crippen LogP contribution in [0.15, 0.2) is 22.7 Å². The summed E-state index contributed by atoms with van der Waals surface area (Å²) in [5.41, 5.74) is 0.202. The molecule has 0 unspecified atom stereocenters. The lowest BCUT2D eigenvalue weighted by molar-refractivity contribution is -0.385. The normalized spacial score (nSPS) is 10.3. The van der Waals surface area contributed by atoms with E-state index in [9.17, 15) is 14.9 Å². The van der Waals surface area contributed by atoms with Gasteiger partial charge in [0.1, 0.15) is 4.47 Å². The molecule has 0 aliphatic carbocycles. The van der Waals surface area contributed by atoms with Gasteiger partial charge in [-0.2, -0.15) is 0 Å². The van der Waals surface area contributed by atoms with E-state index in [4.69, 9.17) is 0 Å². The molecule has 0 saturated carbocycles. The number of nitro groups is 1. The van der Waals surface area contributed by atoms with Gasteiger partial charge in [-0.3, -0.25) is 14.9 Å². The van der Waals surface area contributed by atoms with Gasteiger partial charge >= 0.3 is 0 Å². The van der Waals surface area contributed by atoms with Gasteiger partial charge in [0, 0.05) is 12.6 Å². The van der Waals surface area contributed by atoms with E-state index >= 15 is 0 Å². The van der Waals surface area contributed by atoms with Crippen LogP contribution in [0.1, 0.15) is 49.4 Å². The van der Waals surface area contributed by atoms with Crippen LogP contribution in [0.3, 0.4) is 0 Å². The highest BCUT2D eigenvalue weighted by Crippen LogP contribution is 2.28. The van der Waals surface area contributed by atoms with Crippen LogP contribution in [-0.4, -0.2) is 17.4 Å². The number of carbonyl (C=O) groups is 1. The van der Waals surface area contributed by atoms with E-state index in [1.54, 1.807) is 6.07 Å². The fourth-order valence-corrected chi connectivity index (χ4v) is 2.45. The molecule has 110 valence electrons. The highest BCUT2D eigenvalue weighted by molar-refractivity contribution is 9.10. The Hall–Kier alpha value is -1.43. The SMILES string of the molecule is CCCCCCCNC(=O)c1cccc([N+](=O)[O-])c1Br. The van der Waals surface area contributed by atoms with Gasteiger partial charge in [-0.15, -0.1) is 0 Å². The summed E-state index contributed by atoms with van der Waals surface area (Å²) in [5, 5.41) is 13.6. The standard InChI is InChI=1S/C14H19BrN2O3/c1-2-3-4-5-6-10-16-14(18)11-8-7-9-12(13(11)15)17(19)20/h7-9H,2-6,10H2,1H3,(H,16,18). The Morgan fingerprint density at radius 2 is 2.00 bits per heavy atom. The molecule has 1 rings (SSSR count). The smallest absolute Gasteiger partial charge is 0.284 e. The fraction of sp³-hybridized carbons (Fsp3) is 0.500. The molecule has 1 N–H and O–H groups in total. The van der Waals surface area contributed by atoms with Crippen LogP contribution in [0.5, 0.6) is 0 Å². The average molecular weight is 343 g/mol. The quantitative estimate of drug-likeness (QED) is 0.440. The molecule has 0 radical (unpaired) electrons. The minimum Gasteiger partial charge on any atom is -0.352 e. The van der Waals surface area contributed by atoms with Crippen molar-refractivity contribution < 1.29 is 9.72 Å². The van der Waals surface area contributed by atoms with Crippen molar-refractivity contribution in [2.45, 2.75) is 39.0 Å². The molecule has 0 aliphatic rings. The molecule has 0 fully saturated rings. The van der Waals surface area contributed by atoms with E-state index in [-0.39, 0.29) is 16.1 Å². The number of nitrogens with one attached hydrogen (secondary N) is 1. The largest absolute Gasteiger partial charge is 0.352 e. The van der Waals surface area contributed by atoms with Crippen molar-refractivity contribution in [2.75, 3.05) is 6.54 Å². The summed E-state index contributed by atoms with van der Waals surface area (Å²) in [7, 11) is 0. The Balaban J connectivity index is 2.52. The lowest BCUT2D eigenvalue weighted by atomic mass is 10.1. The maximum atomic E-state index is 12.0. The number of unbranched alkanes of at least 4 members (excludes halogenated alkanes) is 4. The van der Waals surface area contributed by atoms with E-state index in [0.717, 1.165) is 12.8 Å². The fourth-order valence-electron chi connectivity index (χ4n) is 1.86. The van der Waals surface area contributed by atoms with Crippen LogP contribution in [0.25, 0.3) is 0 Å². The number of rotatable bonds is 8. The maximum absolute atomic E-state index is 12.0. The number of benzene rings is 1. The molecule has 1 aromatic rings. The molecule has 6 heteroatoms. The highest BCUT2D eigenvalue weighted by Gasteiger charge is 2.18. The number of carbonyl (C=O) groups excluding carboxylic acids is 1. The molecule has 0 atom stereocenters. The second-order valence-electron chi connectivity index (χ2n) is 4.57. The van der Waals surface area contributed by atoms with Crippen LogP contribution in [0.4, 0.5) is 5.69 Å². The predicted octanol–water partition coefficient (Wildman–Crippen LogP) is 4.06. The monoisotopic (exact) mass is 342 g/mol. The number of hydrogen-bond donors (Lipinski definition) is 1. The Bertz CT molecular complexity index is 477. The lowest BCUT2D eigenvalue weighted by Crippen LogP contribution is -2.24. The number of hydrogen-bond acceptors (Lipinski definition) is 3. The van der Waals surface area contributed by atoms with Gasteiger partial charge < -0.3 is 5.32 Å². The minimum absolute atomic E-state index is 0.0967. The first-order valence-electron chi connectivity index (χ1n) is 6.79. The molecular weight excluding hydrogens is 324 g/mol. The van der Waals surface area contributed by atoms with E-state index in [1.807, 2.05) is 0 Å². The van der Waals surface area contributed by atoms with Gasteiger partial charge in [-0.05, 0) is 28.4 Å². The first-order chi connectivity index (χ1) is 9.57. The van der Waals surface area contributed by atoms with Gasteiger partial charge in [-0.1, -0.05) is 38.7 Å². The molecule has 5 nitrogen and oxygen atoms in total. The zero-order valence-electron chi connectivity index (χ0n) is 11.5. The second kappa shape index (κ2) is 8.68. The van der Waals surface area contributed by atoms with Crippen LogP contribution in [0.2, 0.25) is 0 Å². The summed E-state index contributed by atoms with van der Waals surface area (Å²) in [6.07, 6.45) is 5.59.